The third-order valence-electron chi connectivity index (χ3n) is 4.13. The number of piperazine rings is 1. The van der Waals surface area contributed by atoms with Crippen molar-refractivity contribution >= 4 is 17.5 Å². The van der Waals surface area contributed by atoms with Gasteiger partial charge in [-0.3, -0.25) is 14.5 Å². The summed E-state index contributed by atoms with van der Waals surface area (Å²) in [5.74, 6) is -0.119. The number of methoxy groups -OCH3 is 1. The monoisotopic (exact) mass is 334 g/mol. The van der Waals surface area contributed by atoms with Crippen LogP contribution in [0.1, 0.15) is 12.5 Å². The summed E-state index contributed by atoms with van der Waals surface area (Å²) in [6.07, 6.45) is 0. The molecule has 7 nitrogen and oxygen atoms in total. The van der Waals surface area contributed by atoms with Gasteiger partial charge in [0.25, 0.3) is 0 Å². The molecule has 1 fully saturated rings. The number of hydrogen-bond acceptors (Lipinski definition) is 5. The predicted molar refractivity (Wildman–Crippen MR) is 92.5 cm³/mol. The zero-order valence-corrected chi connectivity index (χ0v) is 14.3. The summed E-state index contributed by atoms with van der Waals surface area (Å²) < 4.78 is 4.87. The van der Waals surface area contributed by atoms with Crippen LogP contribution in [-0.2, 0) is 20.9 Å². The minimum atomic E-state index is -0.674. The first-order valence-electron chi connectivity index (χ1n) is 8.12. The number of nitrogens with one attached hydrogen (secondary N) is 1. The van der Waals surface area contributed by atoms with Crippen LogP contribution in [0, 0.1) is 0 Å². The van der Waals surface area contributed by atoms with Gasteiger partial charge in [-0.1, -0.05) is 12.1 Å². The van der Waals surface area contributed by atoms with Gasteiger partial charge in [0.2, 0.25) is 11.8 Å². The highest BCUT2D eigenvalue weighted by Crippen LogP contribution is 2.13. The fourth-order valence-electron chi connectivity index (χ4n) is 2.66. The zero-order chi connectivity index (χ0) is 17.5. The maximum absolute atomic E-state index is 11.8. The molecule has 1 saturated heterocycles. The molecule has 0 saturated carbocycles. The molecule has 0 aromatic heterocycles. The Hall–Kier alpha value is -1.96. The van der Waals surface area contributed by atoms with Crippen LogP contribution in [0.25, 0.3) is 0 Å². The third-order valence-corrected chi connectivity index (χ3v) is 4.13. The molecule has 1 aliphatic heterocycles. The van der Waals surface area contributed by atoms with E-state index in [-0.39, 0.29) is 18.4 Å². The van der Waals surface area contributed by atoms with Crippen LogP contribution in [0.3, 0.4) is 0 Å². The van der Waals surface area contributed by atoms with Gasteiger partial charge in [0, 0.05) is 52.4 Å². The smallest absolute Gasteiger partial charge is 0.243 e. The molecule has 1 unspecified atom stereocenters. The molecule has 3 N–H and O–H groups in total. The van der Waals surface area contributed by atoms with E-state index in [0.717, 1.165) is 38.4 Å². The number of carbonyl (C=O) groups excluding carboxylic acids is 2. The van der Waals surface area contributed by atoms with Crippen LogP contribution >= 0.6 is 0 Å². The highest BCUT2D eigenvalue weighted by Gasteiger charge is 2.18. The van der Waals surface area contributed by atoms with Gasteiger partial charge in [-0.05, 0) is 17.7 Å². The number of nitrogens with two attached hydrogens (primary N) is 1. The molecule has 24 heavy (non-hydrogen) atoms. The van der Waals surface area contributed by atoms with Gasteiger partial charge in [-0.2, -0.15) is 0 Å². The number of benzene rings is 1. The largest absolute Gasteiger partial charge is 0.383 e. The maximum atomic E-state index is 11.8. The van der Waals surface area contributed by atoms with Crippen LogP contribution in [0.4, 0.5) is 5.69 Å². The first kappa shape index (κ1) is 18.4. The second-order valence-electron chi connectivity index (χ2n) is 6.03. The lowest BCUT2D eigenvalue weighted by atomic mass is 10.1. The van der Waals surface area contributed by atoms with Crippen molar-refractivity contribution in [2.75, 3.05) is 45.2 Å². The van der Waals surface area contributed by atoms with Crippen LogP contribution in [0.15, 0.2) is 24.3 Å². The van der Waals surface area contributed by atoms with Gasteiger partial charge in [-0.15, -0.1) is 0 Å². The Kier molecular flexibility index (Phi) is 6.72. The van der Waals surface area contributed by atoms with E-state index in [1.54, 1.807) is 6.92 Å². The molecule has 1 aromatic carbocycles. The summed E-state index contributed by atoms with van der Waals surface area (Å²) in [4.78, 5) is 27.4. The van der Waals surface area contributed by atoms with Gasteiger partial charge < -0.3 is 20.7 Å². The number of anilines is 1. The van der Waals surface area contributed by atoms with Crippen LogP contribution in [-0.4, -0.2) is 67.6 Å². The second-order valence-corrected chi connectivity index (χ2v) is 6.03. The molecule has 0 bridgehead atoms. The highest BCUT2D eigenvalue weighted by atomic mass is 16.5. The van der Waals surface area contributed by atoms with E-state index in [2.05, 4.69) is 10.2 Å². The summed E-state index contributed by atoms with van der Waals surface area (Å²) in [5, 5.41) is 2.77. The molecular weight excluding hydrogens is 308 g/mol. The van der Waals surface area contributed by atoms with Crippen LogP contribution in [0.2, 0.25) is 0 Å². The SMILES string of the molecule is COCC(N)C(=O)Nc1ccc(CN2CCN(C(C)=O)CC2)cc1. The molecular formula is C17H26N4O3. The van der Waals surface area contributed by atoms with Crippen molar-refractivity contribution in [1.29, 1.82) is 0 Å². The summed E-state index contributed by atoms with van der Waals surface area (Å²) in [7, 11) is 1.51. The van der Waals surface area contributed by atoms with Crippen molar-refractivity contribution in [3.8, 4) is 0 Å². The molecule has 1 heterocycles. The second kappa shape index (κ2) is 8.77. The Morgan fingerprint density at radius 1 is 1.21 bits per heavy atom. The quantitative estimate of drug-likeness (QED) is 0.779. The number of carbonyl (C=O) groups is 2. The third kappa shape index (κ3) is 5.30. The van der Waals surface area contributed by atoms with Gasteiger partial charge in [-0.25, -0.2) is 0 Å². The first-order valence-corrected chi connectivity index (χ1v) is 8.12. The topological polar surface area (TPSA) is 87.9 Å². The average molecular weight is 334 g/mol. The van der Waals surface area contributed by atoms with Crippen LogP contribution < -0.4 is 11.1 Å². The van der Waals surface area contributed by atoms with Gasteiger partial charge in [0.05, 0.1) is 6.61 Å². The van der Waals surface area contributed by atoms with Crippen molar-refractivity contribution in [1.82, 2.24) is 9.80 Å². The highest BCUT2D eigenvalue weighted by molar-refractivity contribution is 5.94. The molecule has 2 rings (SSSR count). The summed E-state index contributed by atoms with van der Waals surface area (Å²) >= 11 is 0. The normalized spacial score (nSPS) is 16.7. The minimum Gasteiger partial charge on any atom is -0.383 e. The molecule has 2 amide bonds. The van der Waals surface area contributed by atoms with Crippen molar-refractivity contribution in [2.45, 2.75) is 19.5 Å². The Morgan fingerprint density at radius 2 is 1.83 bits per heavy atom. The Bertz CT molecular complexity index is 553. The van der Waals surface area contributed by atoms with Crippen molar-refractivity contribution in [2.24, 2.45) is 5.73 Å². The van der Waals surface area contributed by atoms with Gasteiger partial charge in [0.1, 0.15) is 6.04 Å². The molecule has 132 valence electrons. The predicted octanol–water partition coefficient (Wildman–Crippen LogP) is 0.263. The van der Waals surface area contributed by atoms with E-state index in [1.165, 1.54) is 12.7 Å². The molecule has 0 aliphatic carbocycles. The minimum absolute atomic E-state index is 0.140. The molecule has 1 aromatic rings. The van der Waals surface area contributed by atoms with E-state index >= 15 is 0 Å². The Balaban J connectivity index is 1.82. The molecule has 1 atom stereocenters. The van der Waals surface area contributed by atoms with Crippen molar-refractivity contribution in [3.63, 3.8) is 0 Å². The molecule has 1 aliphatic rings. The molecule has 7 heteroatoms. The number of amides is 2. The van der Waals surface area contributed by atoms with Crippen molar-refractivity contribution in [3.05, 3.63) is 29.8 Å². The summed E-state index contributed by atoms with van der Waals surface area (Å²) in [5.41, 5.74) is 7.58. The maximum Gasteiger partial charge on any atom is 0.243 e. The molecule has 0 radical (unpaired) electrons. The Labute approximate surface area is 142 Å². The Morgan fingerprint density at radius 3 is 2.38 bits per heavy atom. The first-order chi connectivity index (χ1) is 11.5. The summed E-state index contributed by atoms with van der Waals surface area (Å²) in [6, 6.07) is 7.06. The lowest BCUT2D eigenvalue weighted by Gasteiger charge is -2.34. The van der Waals surface area contributed by atoms with Gasteiger partial charge in [0.15, 0.2) is 0 Å². The zero-order valence-electron chi connectivity index (χ0n) is 14.3. The lowest BCUT2D eigenvalue weighted by molar-refractivity contribution is -0.130. The van der Waals surface area contributed by atoms with Gasteiger partial charge >= 0.3 is 0 Å². The standard InChI is InChI=1S/C17H26N4O3/c1-13(22)21-9-7-20(8-10-21)11-14-3-5-15(6-4-14)19-17(23)16(18)12-24-2/h3-6,16H,7-12,18H2,1-2H3,(H,19,23). The lowest BCUT2D eigenvalue weighted by Crippen LogP contribution is -2.47. The number of nitrogens with zero attached hydrogens (tertiary/aromatic N) is 2. The van der Waals surface area contributed by atoms with E-state index < -0.39 is 6.04 Å². The number of rotatable bonds is 6. The van der Waals surface area contributed by atoms with Crippen molar-refractivity contribution < 1.29 is 14.3 Å². The fraction of sp³-hybridized carbons (Fsp3) is 0.529. The van der Waals surface area contributed by atoms with E-state index in [1.807, 2.05) is 29.2 Å². The van der Waals surface area contributed by atoms with E-state index in [9.17, 15) is 9.59 Å². The molecule has 0 spiro atoms. The summed E-state index contributed by atoms with van der Waals surface area (Å²) in [6.45, 7) is 5.95. The van der Waals surface area contributed by atoms with E-state index in [0.29, 0.717) is 0 Å². The van der Waals surface area contributed by atoms with Crippen LogP contribution in [0.5, 0.6) is 0 Å². The average Bonchev–Trinajstić information content (AvgIpc) is 2.57. The fourth-order valence-corrected chi connectivity index (χ4v) is 2.66. The number of hydrogen-bond donors (Lipinski definition) is 2. The number of ether oxygens (including phenoxy) is 1. The van der Waals surface area contributed by atoms with E-state index in [4.69, 9.17) is 10.5 Å².